The van der Waals surface area contributed by atoms with Crippen LogP contribution in [-0.4, -0.2) is 304 Å². The van der Waals surface area contributed by atoms with Crippen molar-refractivity contribution in [2.75, 3.05) is 39.6 Å². The van der Waals surface area contributed by atoms with Gasteiger partial charge < -0.3 is 144 Å². The molecule has 0 spiro atoms. The average Bonchev–Trinajstić information content (AvgIpc) is 1.59. The van der Waals surface area contributed by atoms with Gasteiger partial charge in [-0.05, 0) is 91.8 Å². The second-order valence-electron chi connectivity index (χ2n) is 27.3. The second kappa shape index (κ2) is 28.0. The van der Waals surface area contributed by atoms with Gasteiger partial charge in [0.25, 0.3) is 0 Å². The molecule has 0 radical (unpaired) electrons. The number of aliphatic hydroxyl groups excluding tert-OH is 16. The SMILES string of the molecule is CC(=O)OC[C@H]1O[C@@H](O[C@@H]2[C@H](O)[C@@H](O)[C@H](O[C@H]3CC[C@@]4(C)C(=CC[C@H]5[C@@H]6C[C@@H]7O[C@](O)(CC[C@H](C)CO[C@@H]8O[C@H](CO)[C@@H](O)[C@H](O)[C@H]8O)[C@@H](C)[C@@H]7[C@@]6(C)CC[C@@H]54)C3)O[C@@H]2CO)[C@H](O[C@@H]2O[C@H](CO)[C@@H](O)[C@H](O)[C@H]2O)[C@@H](O[C@@H]2O[C@H](CO)[C@@H](O)[C@H](O)[C@H]2O)[C@@H]1O. The maximum Gasteiger partial charge on any atom is 0.302 e. The minimum atomic E-state index is -2.09. The Morgan fingerprint density at radius 2 is 1.11 bits per heavy atom. The van der Waals surface area contributed by atoms with Crippen molar-refractivity contribution >= 4 is 5.97 Å². The molecular formula is C59H96O30. The van der Waals surface area contributed by atoms with E-state index in [1.807, 2.05) is 6.92 Å². The smallest absolute Gasteiger partial charge is 0.302 e. The molecule has 0 aromatic rings. The van der Waals surface area contributed by atoms with E-state index in [0.29, 0.717) is 43.4 Å². The molecule has 0 aromatic carbocycles. The first-order valence-corrected chi connectivity index (χ1v) is 31.5. The zero-order valence-corrected chi connectivity index (χ0v) is 50.6. The van der Waals surface area contributed by atoms with Crippen molar-refractivity contribution in [3.63, 3.8) is 0 Å². The van der Waals surface area contributed by atoms with E-state index in [1.165, 1.54) is 5.57 Å². The molecule has 0 unspecified atom stereocenters. The lowest BCUT2D eigenvalue weighted by molar-refractivity contribution is -0.406. The Hall–Kier alpha value is -1.91. The summed E-state index contributed by atoms with van der Waals surface area (Å²) in [4.78, 5) is 12.1. The Bertz CT molecular complexity index is 2370. The average molecular weight is 1290 g/mol. The van der Waals surface area contributed by atoms with Crippen molar-refractivity contribution in [3.8, 4) is 0 Å². The van der Waals surface area contributed by atoms with E-state index in [1.54, 1.807) is 0 Å². The first kappa shape index (κ1) is 69.9. The molecule has 4 aliphatic carbocycles. The standard InChI is InChI=1S/C59H96O30/c1-22(20-79-52-45(73)41(69)37(65)31(16-60)81-52)8-13-59(77)23(2)36-30(89-59)15-29-27-7-6-25-14-26(9-11-57(25,4)28(27)10-12-58(29,36)5)80-53-48(76)44(72)49(34(19-63)84-53)86-56-51(88-55-47(75)43(71)39(67)33(18-62)83-55)50(40(68)35(85-56)21-78-24(3)64)87-54-46(74)42(70)38(66)32(17-61)82-54/h6,22-23,26-56,60-63,65-77H,7-21H2,1-5H3/t22-,23-,26-,27+,28-,29-,30-,31+,32+,33+,34+,35+,36-,37+,38+,39+,40+,41-,42-,43-,44+,45+,46+,47+,48+,49-,50-,51+,52+,53+,54-,55-,56-,57-,58-,59+/m0/s1. The van der Waals surface area contributed by atoms with E-state index < -0.39 is 204 Å². The third-order valence-corrected chi connectivity index (χ3v) is 21.9. The maximum absolute atomic E-state index is 12.2. The lowest BCUT2D eigenvalue weighted by Gasteiger charge is -2.58. The molecule has 6 heterocycles. The predicted molar refractivity (Wildman–Crippen MR) is 294 cm³/mol. The van der Waals surface area contributed by atoms with Gasteiger partial charge in [-0.3, -0.25) is 4.79 Å². The lowest BCUT2D eigenvalue weighted by Crippen LogP contribution is -2.69. The molecule has 0 bridgehead atoms. The fourth-order valence-corrected chi connectivity index (χ4v) is 16.7. The van der Waals surface area contributed by atoms with Crippen molar-refractivity contribution < 1.29 is 148 Å². The van der Waals surface area contributed by atoms with E-state index in [2.05, 4.69) is 26.8 Å². The fraction of sp³-hybridized carbons (Fsp3) is 0.949. The molecule has 0 aromatic heterocycles. The molecule has 36 atom stereocenters. The minimum absolute atomic E-state index is 0.104. The number of carbonyl (C=O) groups is 1. The van der Waals surface area contributed by atoms with Crippen LogP contribution in [0.2, 0.25) is 0 Å². The summed E-state index contributed by atoms with van der Waals surface area (Å²) in [5, 5.41) is 184. The quantitative estimate of drug-likeness (QED) is 0.0399. The van der Waals surface area contributed by atoms with E-state index >= 15 is 0 Å². The van der Waals surface area contributed by atoms with Crippen LogP contribution in [0.5, 0.6) is 0 Å². The van der Waals surface area contributed by atoms with Crippen LogP contribution in [0.3, 0.4) is 0 Å². The van der Waals surface area contributed by atoms with Crippen LogP contribution >= 0.6 is 0 Å². The molecule has 89 heavy (non-hydrogen) atoms. The number of carbonyl (C=O) groups excluding carboxylic acids is 1. The molecule has 6 aliphatic heterocycles. The van der Waals surface area contributed by atoms with Gasteiger partial charge in [0.2, 0.25) is 0 Å². The van der Waals surface area contributed by atoms with Crippen molar-refractivity contribution in [2.24, 2.45) is 46.3 Å². The van der Waals surface area contributed by atoms with Crippen molar-refractivity contribution in [3.05, 3.63) is 11.6 Å². The van der Waals surface area contributed by atoms with Crippen LogP contribution in [0.15, 0.2) is 11.6 Å². The first-order chi connectivity index (χ1) is 42.1. The van der Waals surface area contributed by atoms with Gasteiger partial charge in [0.05, 0.1) is 45.2 Å². The van der Waals surface area contributed by atoms with E-state index in [-0.39, 0.29) is 41.3 Å². The van der Waals surface area contributed by atoms with Gasteiger partial charge in [0, 0.05) is 19.3 Å². The van der Waals surface area contributed by atoms with Crippen LogP contribution in [0.4, 0.5) is 0 Å². The normalized spacial score (nSPS) is 52.8. The Labute approximate surface area is 514 Å². The number of allylic oxidation sites excluding steroid dienone is 1. The van der Waals surface area contributed by atoms with Crippen molar-refractivity contribution in [2.45, 2.75) is 264 Å². The summed E-state index contributed by atoms with van der Waals surface area (Å²) in [7, 11) is 0. The van der Waals surface area contributed by atoms with Crippen LogP contribution in [0.1, 0.15) is 92.4 Å². The largest absolute Gasteiger partial charge is 0.463 e. The summed E-state index contributed by atoms with van der Waals surface area (Å²) in [6.07, 6.45) is -36.3. The summed E-state index contributed by atoms with van der Waals surface area (Å²) in [6.45, 7) is 5.93. The highest BCUT2D eigenvalue weighted by Crippen LogP contribution is 2.70. The Kier molecular flexibility index (Phi) is 22.0. The zero-order valence-electron chi connectivity index (χ0n) is 50.6. The van der Waals surface area contributed by atoms with Crippen molar-refractivity contribution in [1.82, 2.24) is 0 Å². The van der Waals surface area contributed by atoms with Crippen molar-refractivity contribution in [1.29, 1.82) is 0 Å². The highest BCUT2D eigenvalue weighted by atomic mass is 16.8. The Morgan fingerprint density at radius 1 is 0.596 bits per heavy atom. The first-order valence-electron chi connectivity index (χ1n) is 31.5. The monoisotopic (exact) mass is 1280 g/mol. The van der Waals surface area contributed by atoms with Crippen LogP contribution < -0.4 is 0 Å². The van der Waals surface area contributed by atoms with Crippen LogP contribution in [0.25, 0.3) is 0 Å². The van der Waals surface area contributed by atoms with E-state index in [0.717, 1.165) is 39.0 Å². The number of hydrogen-bond acceptors (Lipinski definition) is 30. The van der Waals surface area contributed by atoms with E-state index in [9.17, 15) is 91.6 Å². The number of hydrogen-bond donors (Lipinski definition) is 17. The summed E-state index contributed by atoms with van der Waals surface area (Å²) in [5.74, 6) is -1.36. The van der Waals surface area contributed by atoms with Gasteiger partial charge in [0.15, 0.2) is 37.2 Å². The summed E-state index contributed by atoms with van der Waals surface area (Å²) < 4.78 is 71.6. The molecule has 17 N–H and O–H groups in total. The lowest BCUT2D eigenvalue weighted by atomic mass is 9.47. The number of esters is 1. The third kappa shape index (κ3) is 13.3. The molecule has 9 fully saturated rings. The van der Waals surface area contributed by atoms with Gasteiger partial charge in [-0.15, -0.1) is 0 Å². The van der Waals surface area contributed by atoms with Gasteiger partial charge in [0.1, 0.15) is 129 Å². The minimum Gasteiger partial charge on any atom is -0.463 e. The van der Waals surface area contributed by atoms with Gasteiger partial charge in [-0.25, -0.2) is 0 Å². The molecule has 512 valence electrons. The Morgan fingerprint density at radius 3 is 1.70 bits per heavy atom. The molecule has 30 heteroatoms. The predicted octanol–water partition coefficient (Wildman–Crippen LogP) is -5.64. The molecule has 0 amide bonds. The van der Waals surface area contributed by atoms with Gasteiger partial charge in [-0.1, -0.05) is 39.3 Å². The number of aliphatic hydroxyl groups is 17. The highest BCUT2D eigenvalue weighted by Gasteiger charge is 2.68. The summed E-state index contributed by atoms with van der Waals surface area (Å²) in [5.41, 5.74) is 0.908. The maximum atomic E-state index is 12.2. The van der Waals surface area contributed by atoms with E-state index in [4.69, 9.17) is 56.8 Å². The topological polar surface area (TPSA) is 472 Å². The summed E-state index contributed by atoms with van der Waals surface area (Å²) in [6, 6.07) is 0. The molecule has 6 saturated heterocycles. The second-order valence-corrected chi connectivity index (χ2v) is 27.3. The zero-order chi connectivity index (χ0) is 64.5. The molecule has 30 nitrogen and oxygen atoms in total. The van der Waals surface area contributed by atoms with Crippen LogP contribution in [0, 0.1) is 46.3 Å². The number of fused-ring (bicyclic) bond motifs is 7. The molecule has 3 saturated carbocycles. The summed E-state index contributed by atoms with van der Waals surface area (Å²) >= 11 is 0. The third-order valence-electron chi connectivity index (χ3n) is 21.9. The Balaban J connectivity index is 0.794. The highest BCUT2D eigenvalue weighted by molar-refractivity contribution is 5.65. The number of ether oxygens (including phenoxy) is 12. The fourth-order valence-electron chi connectivity index (χ4n) is 16.7. The molecular weight excluding hydrogens is 1190 g/mol. The molecule has 10 aliphatic rings. The van der Waals surface area contributed by atoms with Gasteiger partial charge in [-0.2, -0.15) is 0 Å². The molecule has 10 rings (SSSR count). The van der Waals surface area contributed by atoms with Crippen LogP contribution in [-0.2, 0) is 61.6 Å². The van der Waals surface area contributed by atoms with Gasteiger partial charge >= 0.3 is 5.97 Å². The number of rotatable bonds is 20.